The number of fused-ring (bicyclic) bond motifs is 1. The van der Waals surface area contributed by atoms with Crippen LogP contribution in [0.1, 0.15) is 83.5 Å². The lowest BCUT2D eigenvalue weighted by molar-refractivity contribution is -0.140. The zero-order valence-corrected chi connectivity index (χ0v) is 19.1. The van der Waals surface area contributed by atoms with Crippen molar-refractivity contribution >= 4 is 5.97 Å². The van der Waals surface area contributed by atoms with Crippen LogP contribution in [0.2, 0.25) is 0 Å². The fourth-order valence-electron chi connectivity index (χ4n) is 8.70. The summed E-state index contributed by atoms with van der Waals surface area (Å²) in [6.45, 7) is 0. The van der Waals surface area contributed by atoms with E-state index in [1.54, 1.807) is 0 Å². The molecule has 0 spiro atoms. The molecule has 4 heteroatoms. The number of methoxy groups -OCH3 is 1. The molecule has 4 atom stereocenters. The maximum atomic E-state index is 11.3. The van der Waals surface area contributed by atoms with Crippen molar-refractivity contribution in [1.29, 1.82) is 0 Å². The number of unbranched alkanes of at least 4 members (excludes halogenated alkanes) is 1. The van der Waals surface area contributed by atoms with E-state index in [2.05, 4.69) is 12.2 Å². The van der Waals surface area contributed by atoms with Gasteiger partial charge in [-0.05, 0) is 118 Å². The van der Waals surface area contributed by atoms with Gasteiger partial charge in [-0.25, -0.2) is 0 Å². The minimum absolute atomic E-state index is 0.0834. The Morgan fingerprint density at radius 2 is 1.77 bits per heavy atom. The normalized spacial score (nSPS) is 44.8. The van der Waals surface area contributed by atoms with E-state index >= 15 is 0 Å². The molecule has 6 saturated carbocycles. The van der Waals surface area contributed by atoms with Crippen LogP contribution in [0.3, 0.4) is 0 Å². The van der Waals surface area contributed by atoms with Gasteiger partial charge in [-0.3, -0.25) is 4.79 Å². The fraction of sp³-hybridized carbons (Fsp3) is 0.815. The zero-order valence-electron chi connectivity index (χ0n) is 19.1. The van der Waals surface area contributed by atoms with Gasteiger partial charge in [-0.15, -0.1) is 0 Å². The summed E-state index contributed by atoms with van der Waals surface area (Å²) in [5.74, 6) is 3.91. The number of aliphatic hydroxyl groups is 2. The Morgan fingerprint density at radius 3 is 2.42 bits per heavy atom. The average molecular weight is 429 g/mol. The second-order valence-corrected chi connectivity index (χ2v) is 11.7. The van der Waals surface area contributed by atoms with Gasteiger partial charge in [0.25, 0.3) is 0 Å². The van der Waals surface area contributed by atoms with Gasteiger partial charge in [0, 0.05) is 12.3 Å². The molecular formula is C27H40O4. The van der Waals surface area contributed by atoms with Crippen LogP contribution < -0.4 is 0 Å². The highest BCUT2D eigenvalue weighted by Gasteiger charge is 2.51. The van der Waals surface area contributed by atoms with E-state index in [-0.39, 0.29) is 11.9 Å². The highest BCUT2D eigenvalue weighted by Crippen LogP contribution is 2.61. The number of hydrogen-bond donors (Lipinski definition) is 2. The molecule has 0 aliphatic heterocycles. The third-order valence-corrected chi connectivity index (χ3v) is 9.54. The molecule has 6 aliphatic carbocycles. The van der Waals surface area contributed by atoms with Gasteiger partial charge in [0.1, 0.15) is 0 Å². The number of rotatable bonds is 7. The summed E-state index contributed by atoms with van der Waals surface area (Å²) in [6, 6.07) is 0. The standard InChI is InChI=1S/C27H40O4/c1-31-25(30)5-3-2-4-17-11-21-13-24(29)26(22(21)12-17)23(28)6-7-27-14-18-8-19(15-27)10-20(9-18)16-27/h4,6,18-22,24,26,28-29H,2-3,5,7-16H2,1H3/b17-4+,23-6?/t18?,19?,20?,21-,22-,24+,26-,27?/m1/s1. The molecular weight excluding hydrogens is 388 g/mol. The first kappa shape index (κ1) is 21.6. The van der Waals surface area contributed by atoms with Crippen LogP contribution in [0.25, 0.3) is 0 Å². The summed E-state index contributed by atoms with van der Waals surface area (Å²) in [5.41, 5.74) is 1.89. The van der Waals surface area contributed by atoms with Crippen LogP contribution in [0, 0.1) is 40.9 Å². The monoisotopic (exact) mass is 428 g/mol. The van der Waals surface area contributed by atoms with E-state index in [0.717, 1.165) is 56.3 Å². The van der Waals surface area contributed by atoms with Gasteiger partial charge < -0.3 is 14.9 Å². The van der Waals surface area contributed by atoms with Crippen molar-refractivity contribution in [3.05, 3.63) is 23.5 Å². The summed E-state index contributed by atoms with van der Waals surface area (Å²) in [7, 11) is 1.44. The fourth-order valence-corrected chi connectivity index (χ4v) is 8.70. The number of esters is 1. The molecule has 0 aromatic carbocycles. The molecule has 6 fully saturated rings. The molecule has 0 saturated heterocycles. The Hall–Kier alpha value is -1.29. The number of carbonyl (C=O) groups excluding carboxylic acids is 1. The third-order valence-electron chi connectivity index (χ3n) is 9.54. The van der Waals surface area contributed by atoms with Gasteiger partial charge in [-0.2, -0.15) is 0 Å². The van der Waals surface area contributed by atoms with Crippen molar-refractivity contribution in [3.8, 4) is 0 Å². The molecule has 6 rings (SSSR count). The molecule has 0 aromatic heterocycles. The van der Waals surface area contributed by atoms with E-state index < -0.39 is 6.10 Å². The molecule has 4 nitrogen and oxygen atoms in total. The maximum absolute atomic E-state index is 11.3. The molecule has 31 heavy (non-hydrogen) atoms. The molecule has 4 bridgehead atoms. The van der Waals surface area contributed by atoms with Crippen molar-refractivity contribution in [2.75, 3.05) is 7.11 Å². The van der Waals surface area contributed by atoms with Crippen molar-refractivity contribution in [3.63, 3.8) is 0 Å². The first-order valence-corrected chi connectivity index (χ1v) is 12.8. The lowest BCUT2D eigenvalue weighted by Gasteiger charge is -2.56. The Labute approximate surface area is 187 Å². The maximum Gasteiger partial charge on any atom is 0.305 e. The van der Waals surface area contributed by atoms with Crippen molar-refractivity contribution < 1.29 is 19.7 Å². The summed E-state index contributed by atoms with van der Waals surface area (Å²) in [5, 5.41) is 21.8. The predicted octanol–water partition coefficient (Wildman–Crippen LogP) is 5.71. The van der Waals surface area contributed by atoms with Crippen molar-refractivity contribution in [2.24, 2.45) is 40.9 Å². The molecule has 0 unspecified atom stereocenters. The summed E-state index contributed by atoms with van der Waals surface area (Å²) >= 11 is 0. The van der Waals surface area contributed by atoms with Crippen LogP contribution in [-0.2, 0) is 9.53 Å². The van der Waals surface area contributed by atoms with E-state index in [1.165, 1.54) is 51.2 Å². The highest BCUT2D eigenvalue weighted by atomic mass is 16.5. The number of aliphatic hydroxyl groups excluding tert-OH is 2. The van der Waals surface area contributed by atoms with Crippen molar-refractivity contribution in [2.45, 2.75) is 89.6 Å². The first-order valence-electron chi connectivity index (χ1n) is 12.8. The Bertz CT molecular complexity index is 715. The molecule has 0 radical (unpaired) electrons. The second-order valence-electron chi connectivity index (χ2n) is 11.7. The van der Waals surface area contributed by atoms with E-state index in [1.807, 2.05) is 0 Å². The lowest BCUT2D eigenvalue weighted by Crippen LogP contribution is -2.45. The van der Waals surface area contributed by atoms with E-state index in [9.17, 15) is 15.0 Å². The molecule has 0 aromatic rings. The first-order chi connectivity index (χ1) is 14.9. The van der Waals surface area contributed by atoms with Gasteiger partial charge in [0.05, 0.1) is 19.0 Å². The van der Waals surface area contributed by atoms with Crippen LogP contribution >= 0.6 is 0 Å². The smallest absolute Gasteiger partial charge is 0.305 e. The lowest BCUT2D eigenvalue weighted by atomic mass is 9.49. The Morgan fingerprint density at radius 1 is 1.10 bits per heavy atom. The van der Waals surface area contributed by atoms with E-state index in [0.29, 0.717) is 29.4 Å². The van der Waals surface area contributed by atoms with Crippen LogP contribution in [0.5, 0.6) is 0 Å². The zero-order chi connectivity index (χ0) is 21.6. The predicted molar refractivity (Wildman–Crippen MR) is 120 cm³/mol. The quantitative estimate of drug-likeness (QED) is 0.236. The summed E-state index contributed by atoms with van der Waals surface area (Å²) in [4.78, 5) is 11.3. The van der Waals surface area contributed by atoms with Gasteiger partial charge in [0.15, 0.2) is 0 Å². The van der Waals surface area contributed by atoms with E-state index in [4.69, 9.17) is 4.74 Å². The summed E-state index contributed by atoms with van der Waals surface area (Å²) < 4.78 is 4.71. The number of hydrogen-bond acceptors (Lipinski definition) is 4. The molecule has 6 aliphatic rings. The third kappa shape index (κ3) is 4.34. The van der Waals surface area contributed by atoms with Crippen LogP contribution in [0.15, 0.2) is 23.5 Å². The Kier molecular flexibility index (Phi) is 5.96. The Balaban J connectivity index is 1.19. The van der Waals surface area contributed by atoms with Crippen LogP contribution in [0.4, 0.5) is 0 Å². The molecule has 172 valence electrons. The largest absolute Gasteiger partial charge is 0.512 e. The summed E-state index contributed by atoms with van der Waals surface area (Å²) in [6.07, 6.45) is 18.5. The molecule has 0 heterocycles. The highest BCUT2D eigenvalue weighted by molar-refractivity contribution is 5.69. The number of carbonyl (C=O) groups is 1. The minimum Gasteiger partial charge on any atom is -0.512 e. The van der Waals surface area contributed by atoms with Crippen LogP contribution in [-0.4, -0.2) is 29.4 Å². The van der Waals surface area contributed by atoms with Gasteiger partial charge in [0.2, 0.25) is 0 Å². The molecule has 2 N–H and O–H groups in total. The topological polar surface area (TPSA) is 66.8 Å². The number of ether oxygens (including phenoxy) is 1. The van der Waals surface area contributed by atoms with Gasteiger partial charge >= 0.3 is 5.97 Å². The van der Waals surface area contributed by atoms with Crippen molar-refractivity contribution in [1.82, 2.24) is 0 Å². The SMILES string of the molecule is COC(=O)CCC/C=C1\C[C@@H]2C[C@H](O)[C@@H](C(O)=CCC34CC5CC(CC(C5)C3)C4)[C@@H]2C1. The second kappa shape index (κ2) is 8.57. The molecule has 0 amide bonds. The van der Waals surface area contributed by atoms with Gasteiger partial charge in [-0.1, -0.05) is 11.6 Å². The average Bonchev–Trinajstić information content (AvgIpc) is 3.24. The minimum atomic E-state index is -0.400. The number of allylic oxidation sites excluding steroid dienone is 3.